The van der Waals surface area contributed by atoms with Gasteiger partial charge < -0.3 is 9.30 Å². The van der Waals surface area contributed by atoms with Gasteiger partial charge in [0.05, 0.1) is 18.4 Å². The van der Waals surface area contributed by atoms with E-state index in [1.54, 1.807) is 6.07 Å². The molecule has 3 rings (SSSR count). The van der Waals surface area contributed by atoms with Gasteiger partial charge in [-0.1, -0.05) is 48.5 Å². The van der Waals surface area contributed by atoms with E-state index in [2.05, 4.69) is 0 Å². The Hall–Kier alpha value is -2.81. The number of carbonyl (C=O) groups is 1. The maximum Gasteiger partial charge on any atom is 0.340 e. The van der Waals surface area contributed by atoms with Crippen molar-refractivity contribution >= 4 is 5.97 Å². The molecule has 0 bridgehead atoms. The summed E-state index contributed by atoms with van der Waals surface area (Å²) in [5.74, 6) is -0.330. The highest BCUT2D eigenvalue weighted by molar-refractivity contribution is 5.97. The molecular formula is C18H15NO2. The highest BCUT2D eigenvalue weighted by Gasteiger charge is 2.18. The maximum absolute atomic E-state index is 12.0. The molecule has 1 aromatic heterocycles. The first-order valence-electron chi connectivity index (χ1n) is 6.72. The number of rotatable bonds is 3. The SMILES string of the molecule is COC(=O)c1ccn(-c2ccccc2)c1-c1ccccc1. The zero-order valence-electron chi connectivity index (χ0n) is 11.7. The normalized spacial score (nSPS) is 10.3. The number of hydrogen-bond acceptors (Lipinski definition) is 2. The molecule has 0 aliphatic heterocycles. The van der Waals surface area contributed by atoms with E-state index in [4.69, 9.17) is 4.74 Å². The summed E-state index contributed by atoms with van der Waals surface area (Å²) >= 11 is 0. The van der Waals surface area contributed by atoms with Crippen LogP contribution in [-0.4, -0.2) is 17.6 Å². The third kappa shape index (κ3) is 2.46. The van der Waals surface area contributed by atoms with Crippen LogP contribution in [0.1, 0.15) is 10.4 Å². The standard InChI is InChI=1S/C18H15NO2/c1-21-18(20)16-12-13-19(15-10-6-3-7-11-15)17(16)14-8-4-2-5-9-14/h2-13H,1H3. The summed E-state index contributed by atoms with van der Waals surface area (Å²) in [7, 11) is 1.40. The van der Waals surface area contributed by atoms with Gasteiger partial charge in [0, 0.05) is 11.9 Å². The molecule has 0 atom stereocenters. The molecule has 3 heteroatoms. The lowest BCUT2D eigenvalue weighted by atomic mass is 10.1. The van der Waals surface area contributed by atoms with E-state index in [1.165, 1.54) is 7.11 Å². The number of aromatic nitrogens is 1. The Morgan fingerprint density at radius 1 is 0.905 bits per heavy atom. The molecule has 3 nitrogen and oxygen atoms in total. The molecule has 0 N–H and O–H groups in total. The molecule has 21 heavy (non-hydrogen) atoms. The highest BCUT2D eigenvalue weighted by Crippen LogP contribution is 2.28. The zero-order valence-corrected chi connectivity index (χ0v) is 11.7. The van der Waals surface area contributed by atoms with Gasteiger partial charge >= 0.3 is 5.97 Å². The van der Waals surface area contributed by atoms with Crippen LogP contribution in [0.25, 0.3) is 16.9 Å². The summed E-state index contributed by atoms with van der Waals surface area (Å²) < 4.78 is 6.90. The van der Waals surface area contributed by atoms with Crippen molar-refractivity contribution in [1.82, 2.24) is 4.57 Å². The molecule has 0 saturated heterocycles. The summed E-state index contributed by atoms with van der Waals surface area (Å²) in [5.41, 5.74) is 3.39. The Kier molecular flexibility index (Phi) is 3.56. The van der Waals surface area contributed by atoms with Gasteiger partial charge in [-0.3, -0.25) is 0 Å². The molecule has 0 aliphatic rings. The number of ether oxygens (including phenoxy) is 1. The summed E-state index contributed by atoms with van der Waals surface area (Å²) in [6.45, 7) is 0. The number of carbonyl (C=O) groups excluding carboxylic acids is 1. The van der Waals surface area contributed by atoms with Crippen LogP contribution < -0.4 is 0 Å². The largest absolute Gasteiger partial charge is 0.465 e. The second kappa shape index (κ2) is 5.67. The van der Waals surface area contributed by atoms with Crippen molar-refractivity contribution in [2.75, 3.05) is 7.11 Å². The Morgan fingerprint density at radius 2 is 1.52 bits per heavy atom. The Balaban J connectivity index is 2.23. The second-order valence-corrected chi connectivity index (χ2v) is 4.64. The fraction of sp³-hybridized carbons (Fsp3) is 0.0556. The average Bonchev–Trinajstić information content (AvgIpc) is 3.00. The zero-order chi connectivity index (χ0) is 14.7. The van der Waals surface area contributed by atoms with Crippen molar-refractivity contribution in [3.63, 3.8) is 0 Å². The predicted octanol–water partition coefficient (Wildman–Crippen LogP) is 3.93. The first-order valence-corrected chi connectivity index (χ1v) is 6.72. The van der Waals surface area contributed by atoms with Crippen LogP contribution >= 0.6 is 0 Å². The van der Waals surface area contributed by atoms with Gasteiger partial charge in [-0.2, -0.15) is 0 Å². The topological polar surface area (TPSA) is 31.2 Å². The molecule has 3 aromatic rings. The predicted molar refractivity (Wildman–Crippen MR) is 82.5 cm³/mol. The number of hydrogen-bond donors (Lipinski definition) is 0. The summed E-state index contributed by atoms with van der Waals surface area (Å²) in [4.78, 5) is 12.0. The number of nitrogens with zero attached hydrogens (tertiary/aromatic N) is 1. The van der Waals surface area contributed by atoms with Crippen LogP contribution in [0.15, 0.2) is 72.9 Å². The van der Waals surface area contributed by atoms with E-state index < -0.39 is 0 Å². The molecular weight excluding hydrogens is 262 g/mol. The molecule has 0 saturated carbocycles. The van der Waals surface area contributed by atoms with E-state index in [1.807, 2.05) is 71.4 Å². The van der Waals surface area contributed by atoms with Crippen molar-refractivity contribution in [2.45, 2.75) is 0 Å². The van der Waals surface area contributed by atoms with Crippen LogP contribution in [0, 0.1) is 0 Å². The molecule has 0 spiro atoms. The molecule has 0 fully saturated rings. The van der Waals surface area contributed by atoms with Crippen LogP contribution in [0.3, 0.4) is 0 Å². The smallest absolute Gasteiger partial charge is 0.340 e. The van der Waals surface area contributed by atoms with Crippen LogP contribution in [0.4, 0.5) is 0 Å². The first kappa shape index (κ1) is 13.2. The minimum absolute atomic E-state index is 0.330. The van der Waals surface area contributed by atoms with E-state index in [-0.39, 0.29) is 5.97 Å². The van der Waals surface area contributed by atoms with Gasteiger partial charge in [0.1, 0.15) is 0 Å². The van der Waals surface area contributed by atoms with Crippen molar-refractivity contribution in [1.29, 1.82) is 0 Å². The van der Waals surface area contributed by atoms with Gasteiger partial charge in [-0.15, -0.1) is 0 Å². The summed E-state index contributed by atoms with van der Waals surface area (Å²) in [6, 6.07) is 21.6. The maximum atomic E-state index is 12.0. The number of esters is 1. The Morgan fingerprint density at radius 3 is 2.14 bits per heavy atom. The Labute approximate surface area is 123 Å². The monoisotopic (exact) mass is 277 g/mol. The summed E-state index contributed by atoms with van der Waals surface area (Å²) in [5, 5.41) is 0. The average molecular weight is 277 g/mol. The van der Waals surface area contributed by atoms with Crippen LogP contribution in [0.2, 0.25) is 0 Å². The number of para-hydroxylation sites is 1. The van der Waals surface area contributed by atoms with Crippen molar-refractivity contribution < 1.29 is 9.53 Å². The molecule has 0 aliphatic carbocycles. The lowest BCUT2D eigenvalue weighted by molar-refractivity contribution is 0.0602. The number of benzene rings is 2. The Bertz CT molecular complexity index is 745. The van der Waals surface area contributed by atoms with E-state index in [0.29, 0.717) is 5.56 Å². The van der Waals surface area contributed by atoms with Crippen LogP contribution in [-0.2, 0) is 4.74 Å². The second-order valence-electron chi connectivity index (χ2n) is 4.64. The molecule has 0 radical (unpaired) electrons. The minimum Gasteiger partial charge on any atom is -0.465 e. The fourth-order valence-corrected chi connectivity index (χ4v) is 2.40. The lowest BCUT2D eigenvalue weighted by Crippen LogP contribution is -2.04. The third-order valence-electron chi connectivity index (χ3n) is 3.37. The molecule has 104 valence electrons. The van der Waals surface area contributed by atoms with Gasteiger partial charge in [-0.25, -0.2) is 4.79 Å². The van der Waals surface area contributed by atoms with Crippen molar-refractivity contribution in [3.05, 3.63) is 78.5 Å². The van der Waals surface area contributed by atoms with E-state index >= 15 is 0 Å². The van der Waals surface area contributed by atoms with Crippen LogP contribution in [0.5, 0.6) is 0 Å². The van der Waals surface area contributed by atoms with Gasteiger partial charge in [0.25, 0.3) is 0 Å². The highest BCUT2D eigenvalue weighted by atomic mass is 16.5. The van der Waals surface area contributed by atoms with Gasteiger partial charge in [-0.05, 0) is 23.8 Å². The van der Waals surface area contributed by atoms with E-state index in [9.17, 15) is 4.79 Å². The molecule has 0 unspecified atom stereocenters. The van der Waals surface area contributed by atoms with Gasteiger partial charge in [0.2, 0.25) is 0 Å². The molecule has 1 heterocycles. The minimum atomic E-state index is -0.330. The quantitative estimate of drug-likeness (QED) is 0.679. The van der Waals surface area contributed by atoms with Gasteiger partial charge in [0.15, 0.2) is 0 Å². The van der Waals surface area contributed by atoms with Crippen molar-refractivity contribution in [3.8, 4) is 16.9 Å². The summed E-state index contributed by atoms with van der Waals surface area (Å²) in [6.07, 6.45) is 1.89. The molecule has 2 aromatic carbocycles. The fourth-order valence-electron chi connectivity index (χ4n) is 2.40. The lowest BCUT2D eigenvalue weighted by Gasteiger charge is -2.11. The number of methoxy groups -OCH3 is 1. The van der Waals surface area contributed by atoms with E-state index in [0.717, 1.165) is 16.9 Å². The third-order valence-corrected chi connectivity index (χ3v) is 3.37. The van der Waals surface area contributed by atoms with Crippen molar-refractivity contribution in [2.24, 2.45) is 0 Å². The molecule has 0 amide bonds. The first-order chi connectivity index (χ1) is 10.3.